The summed E-state index contributed by atoms with van der Waals surface area (Å²) in [6.45, 7) is 4.25. The topological polar surface area (TPSA) is 38.5 Å². The second-order valence-electron chi connectivity index (χ2n) is 7.09. The molecule has 152 valence electrons. The molecule has 1 aliphatic heterocycles. The number of aromatic nitrogens is 3. The maximum Gasteiger partial charge on any atom is 0.199 e. The van der Waals surface area contributed by atoms with Crippen LogP contribution in [-0.2, 0) is 13.7 Å². The minimum Gasteiger partial charge on any atom is -0.497 e. The Kier molecular flexibility index (Phi) is 5.64. The van der Waals surface area contributed by atoms with Crippen molar-refractivity contribution in [2.75, 3.05) is 38.2 Å². The Labute approximate surface area is 174 Å². The highest BCUT2D eigenvalue weighted by molar-refractivity contribution is 7.71. The highest BCUT2D eigenvalue weighted by Gasteiger charge is 2.20. The van der Waals surface area contributed by atoms with Crippen molar-refractivity contribution in [1.29, 1.82) is 0 Å². The number of benzene rings is 2. The molecule has 3 aromatic rings. The molecule has 1 aliphatic rings. The first-order valence-corrected chi connectivity index (χ1v) is 9.98. The number of hydrogen-bond donors (Lipinski definition) is 0. The zero-order valence-corrected chi connectivity index (χ0v) is 17.4. The average Bonchev–Trinajstić information content (AvgIpc) is 3.03. The fraction of sp³-hybridized carbons (Fsp3) is 0.333. The van der Waals surface area contributed by atoms with Gasteiger partial charge in [-0.15, -0.1) is 0 Å². The number of rotatable bonds is 5. The summed E-state index contributed by atoms with van der Waals surface area (Å²) >= 11 is 5.54. The molecular weight excluding hydrogens is 389 g/mol. The maximum absolute atomic E-state index is 14.2. The molecule has 0 amide bonds. The average molecular weight is 414 g/mol. The minimum absolute atomic E-state index is 0.296. The largest absolute Gasteiger partial charge is 0.497 e. The van der Waals surface area contributed by atoms with Gasteiger partial charge in [0.1, 0.15) is 11.6 Å². The van der Waals surface area contributed by atoms with Gasteiger partial charge in [0, 0.05) is 38.9 Å². The summed E-state index contributed by atoms with van der Waals surface area (Å²) in [5.41, 5.74) is 1.66. The van der Waals surface area contributed by atoms with Crippen molar-refractivity contribution in [3.63, 3.8) is 0 Å². The summed E-state index contributed by atoms with van der Waals surface area (Å²) < 4.78 is 23.5. The Morgan fingerprint density at radius 1 is 1.03 bits per heavy atom. The third-order valence-corrected chi connectivity index (χ3v) is 5.78. The monoisotopic (exact) mass is 413 g/mol. The van der Waals surface area contributed by atoms with E-state index in [9.17, 15) is 4.39 Å². The fourth-order valence-electron chi connectivity index (χ4n) is 3.59. The lowest BCUT2D eigenvalue weighted by Crippen LogP contribution is -2.47. The number of ether oxygens (including phenoxy) is 1. The highest BCUT2D eigenvalue weighted by Crippen LogP contribution is 2.22. The Morgan fingerprint density at radius 3 is 2.38 bits per heavy atom. The highest BCUT2D eigenvalue weighted by atomic mass is 32.1. The van der Waals surface area contributed by atoms with Gasteiger partial charge in [-0.05, 0) is 48.6 Å². The normalized spacial score (nSPS) is 14.9. The van der Waals surface area contributed by atoms with E-state index >= 15 is 0 Å². The molecule has 0 spiro atoms. The Balaban J connectivity index is 1.44. The van der Waals surface area contributed by atoms with Crippen molar-refractivity contribution in [3.8, 4) is 17.1 Å². The molecule has 0 N–H and O–H groups in total. The van der Waals surface area contributed by atoms with Gasteiger partial charge in [0.25, 0.3) is 0 Å². The van der Waals surface area contributed by atoms with Gasteiger partial charge in [-0.25, -0.2) is 9.07 Å². The van der Waals surface area contributed by atoms with E-state index in [2.05, 4.69) is 27.0 Å². The van der Waals surface area contributed by atoms with Crippen molar-refractivity contribution >= 4 is 17.9 Å². The van der Waals surface area contributed by atoms with Crippen LogP contribution in [0.3, 0.4) is 0 Å². The predicted molar refractivity (Wildman–Crippen MR) is 114 cm³/mol. The SMILES string of the molecule is COc1ccc(N2CCN(Cn3nc(-c4ccccc4F)n(C)c3=S)CC2)cc1. The summed E-state index contributed by atoms with van der Waals surface area (Å²) in [5, 5.41) is 4.60. The molecule has 0 radical (unpaired) electrons. The molecule has 29 heavy (non-hydrogen) atoms. The number of halogens is 1. The van der Waals surface area contributed by atoms with Crippen LogP contribution in [0.2, 0.25) is 0 Å². The second-order valence-corrected chi connectivity index (χ2v) is 7.45. The molecule has 2 heterocycles. The third kappa shape index (κ3) is 4.04. The first-order chi connectivity index (χ1) is 14.1. The summed E-state index contributed by atoms with van der Waals surface area (Å²) in [4.78, 5) is 4.67. The molecule has 8 heteroatoms. The van der Waals surface area contributed by atoms with Crippen LogP contribution in [0, 0.1) is 10.6 Å². The molecule has 6 nitrogen and oxygen atoms in total. The number of nitrogens with zero attached hydrogens (tertiary/aromatic N) is 5. The molecular formula is C21H24FN5OS. The van der Waals surface area contributed by atoms with E-state index in [1.54, 1.807) is 34.6 Å². The lowest BCUT2D eigenvalue weighted by atomic mass is 10.2. The Morgan fingerprint density at radius 2 is 1.72 bits per heavy atom. The van der Waals surface area contributed by atoms with E-state index in [-0.39, 0.29) is 5.82 Å². The molecule has 2 aromatic carbocycles. The van der Waals surface area contributed by atoms with Crippen molar-refractivity contribution < 1.29 is 9.13 Å². The van der Waals surface area contributed by atoms with Crippen LogP contribution < -0.4 is 9.64 Å². The molecule has 1 saturated heterocycles. The zero-order valence-electron chi connectivity index (χ0n) is 16.6. The van der Waals surface area contributed by atoms with Crippen LogP contribution >= 0.6 is 12.2 Å². The van der Waals surface area contributed by atoms with E-state index in [1.807, 2.05) is 19.2 Å². The van der Waals surface area contributed by atoms with Crippen molar-refractivity contribution in [3.05, 3.63) is 59.1 Å². The van der Waals surface area contributed by atoms with Gasteiger partial charge in [-0.1, -0.05) is 12.1 Å². The van der Waals surface area contributed by atoms with Gasteiger partial charge in [0.05, 0.1) is 19.3 Å². The van der Waals surface area contributed by atoms with Crippen LogP contribution in [0.5, 0.6) is 5.75 Å². The molecule has 0 saturated carbocycles. The van der Waals surface area contributed by atoms with Crippen LogP contribution in [0.1, 0.15) is 0 Å². The molecule has 0 atom stereocenters. The molecule has 1 fully saturated rings. The summed E-state index contributed by atoms with van der Waals surface area (Å²) in [5.74, 6) is 1.11. The van der Waals surface area contributed by atoms with E-state index in [4.69, 9.17) is 17.0 Å². The van der Waals surface area contributed by atoms with Gasteiger partial charge in [-0.2, -0.15) is 5.10 Å². The van der Waals surface area contributed by atoms with E-state index < -0.39 is 0 Å². The summed E-state index contributed by atoms with van der Waals surface area (Å²) in [7, 11) is 3.50. The first-order valence-electron chi connectivity index (χ1n) is 9.57. The summed E-state index contributed by atoms with van der Waals surface area (Å²) in [6, 6.07) is 14.8. The zero-order chi connectivity index (χ0) is 20.4. The van der Waals surface area contributed by atoms with Crippen molar-refractivity contribution in [2.45, 2.75) is 6.67 Å². The molecule has 0 unspecified atom stereocenters. The van der Waals surface area contributed by atoms with Gasteiger partial charge < -0.3 is 14.2 Å². The number of piperazine rings is 1. The molecule has 0 aliphatic carbocycles. The van der Waals surface area contributed by atoms with Crippen molar-refractivity contribution in [1.82, 2.24) is 19.2 Å². The Bertz CT molecular complexity index is 1040. The number of methoxy groups -OCH3 is 1. The second kappa shape index (κ2) is 8.34. The smallest absolute Gasteiger partial charge is 0.199 e. The number of hydrogen-bond acceptors (Lipinski definition) is 5. The third-order valence-electron chi connectivity index (χ3n) is 5.30. The van der Waals surface area contributed by atoms with Gasteiger partial charge in [-0.3, -0.25) is 4.90 Å². The minimum atomic E-state index is -0.296. The van der Waals surface area contributed by atoms with E-state index in [0.29, 0.717) is 22.8 Å². The van der Waals surface area contributed by atoms with Gasteiger partial charge in [0.2, 0.25) is 0 Å². The van der Waals surface area contributed by atoms with Gasteiger partial charge >= 0.3 is 0 Å². The van der Waals surface area contributed by atoms with Crippen molar-refractivity contribution in [2.24, 2.45) is 7.05 Å². The Hall–Kier alpha value is -2.71. The lowest BCUT2D eigenvalue weighted by Gasteiger charge is -2.35. The van der Waals surface area contributed by atoms with Crippen LogP contribution in [0.4, 0.5) is 10.1 Å². The first kappa shape index (κ1) is 19.6. The fourth-order valence-corrected chi connectivity index (χ4v) is 3.77. The lowest BCUT2D eigenvalue weighted by molar-refractivity contribution is 0.194. The maximum atomic E-state index is 14.2. The molecule has 4 rings (SSSR count). The van der Waals surface area contributed by atoms with Crippen LogP contribution in [0.25, 0.3) is 11.4 Å². The van der Waals surface area contributed by atoms with Gasteiger partial charge in [0.15, 0.2) is 10.6 Å². The van der Waals surface area contributed by atoms with Crippen LogP contribution in [-0.4, -0.2) is 52.5 Å². The predicted octanol–water partition coefficient (Wildman–Crippen LogP) is 3.55. The standard InChI is InChI=1S/C21H24FN5OS/c1-24-20(18-5-3-4-6-19(18)22)23-27(21(24)29)15-25-11-13-26(14-12-25)16-7-9-17(28-2)10-8-16/h3-10H,11-15H2,1-2H3. The molecule has 0 bridgehead atoms. The van der Waals surface area contributed by atoms with Crippen LogP contribution in [0.15, 0.2) is 48.5 Å². The van der Waals surface area contributed by atoms with E-state index in [1.165, 1.54) is 11.8 Å². The molecule has 1 aromatic heterocycles. The summed E-state index contributed by atoms with van der Waals surface area (Å²) in [6.07, 6.45) is 0. The number of anilines is 1. The quantitative estimate of drug-likeness (QED) is 0.598. The van der Waals surface area contributed by atoms with E-state index in [0.717, 1.165) is 31.9 Å².